The Morgan fingerprint density at radius 3 is 2.72 bits per heavy atom. The van der Waals surface area contributed by atoms with E-state index in [1.807, 2.05) is 31.2 Å². The van der Waals surface area contributed by atoms with Gasteiger partial charge in [-0.2, -0.15) is 0 Å². The zero-order valence-electron chi connectivity index (χ0n) is 10.8. The fraction of sp³-hybridized carbons (Fsp3) is 0.400. The molecule has 0 aliphatic carbocycles. The molecule has 3 heteroatoms. The van der Waals surface area contributed by atoms with Crippen LogP contribution in [0, 0.1) is 12.3 Å². The van der Waals surface area contributed by atoms with Crippen molar-refractivity contribution in [2.24, 2.45) is 0 Å². The lowest BCUT2D eigenvalue weighted by Crippen LogP contribution is -2.25. The lowest BCUT2D eigenvalue weighted by Gasteiger charge is -2.12. The highest BCUT2D eigenvalue weighted by molar-refractivity contribution is 5.76. The first-order valence-corrected chi connectivity index (χ1v) is 6.19. The molecule has 0 radical (unpaired) electrons. The van der Waals surface area contributed by atoms with Gasteiger partial charge in [0.05, 0.1) is 0 Å². The van der Waals surface area contributed by atoms with E-state index in [0.717, 1.165) is 17.7 Å². The molecule has 0 aliphatic rings. The Kier molecular flexibility index (Phi) is 5.79. The number of unbranched alkanes of at least 4 members (excludes halogenated alkanes) is 1. The van der Waals surface area contributed by atoms with Crippen LogP contribution in [0.25, 0.3) is 0 Å². The van der Waals surface area contributed by atoms with Crippen molar-refractivity contribution in [2.45, 2.75) is 32.1 Å². The fourth-order valence-electron chi connectivity index (χ4n) is 1.71. The monoisotopic (exact) mass is 244 g/mol. The smallest absolute Gasteiger partial charge is 0.220 e. The summed E-state index contributed by atoms with van der Waals surface area (Å²) in [6.07, 6.45) is 7.16. The quantitative estimate of drug-likeness (QED) is 0.458. The van der Waals surface area contributed by atoms with E-state index >= 15 is 0 Å². The molecule has 1 aromatic rings. The number of terminal acetylenes is 1. The molecule has 0 saturated carbocycles. The molecular formula is C15H20N2O. The summed E-state index contributed by atoms with van der Waals surface area (Å²) in [6, 6.07) is 7.64. The highest BCUT2D eigenvalue weighted by Crippen LogP contribution is 2.19. The Bertz CT molecular complexity index is 417. The molecule has 3 N–H and O–H groups in total. The number of rotatable bonds is 6. The Hall–Kier alpha value is -1.95. The van der Waals surface area contributed by atoms with E-state index in [9.17, 15) is 4.79 Å². The van der Waals surface area contributed by atoms with Crippen molar-refractivity contribution in [3.63, 3.8) is 0 Å². The first-order chi connectivity index (χ1) is 8.63. The van der Waals surface area contributed by atoms with E-state index in [-0.39, 0.29) is 11.8 Å². The molecule has 1 atom stereocenters. The SMILES string of the molecule is C#CCCCNC(=O)CC(C)c1ccc(N)cc1. The molecule has 1 rings (SSSR count). The number of carbonyl (C=O) groups is 1. The van der Waals surface area contributed by atoms with Crippen molar-refractivity contribution < 1.29 is 4.79 Å². The summed E-state index contributed by atoms with van der Waals surface area (Å²) in [5.74, 6) is 2.81. The molecule has 1 aromatic carbocycles. The second-order valence-corrected chi connectivity index (χ2v) is 4.43. The largest absolute Gasteiger partial charge is 0.399 e. The van der Waals surface area contributed by atoms with E-state index in [0.29, 0.717) is 19.4 Å². The highest BCUT2D eigenvalue weighted by atomic mass is 16.1. The number of hydrogen-bond donors (Lipinski definition) is 2. The third-order valence-corrected chi connectivity index (χ3v) is 2.82. The number of benzene rings is 1. The molecule has 3 nitrogen and oxygen atoms in total. The van der Waals surface area contributed by atoms with Crippen molar-refractivity contribution in [2.75, 3.05) is 12.3 Å². The van der Waals surface area contributed by atoms with Gasteiger partial charge >= 0.3 is 0 Å². The fourth-order valence-corrected chi connectivity index (χ4v) is 1.71. The Morgan fingerprint density at radius 2 is 2.11 bits per heavy atom. The topological polar surface area (TPSA) is 55.1 Å². The second kappa shape index (κ2) is 7.39. The van der Waals surface area contributed by atoms with E-state index < -0.39 is 0 Å². The molecule has 18 heavy (non-hydrogen) atoms. The number of carbonyl (C=O) groups excluding carboxylic acids is 1. The molecule has 0 heterocycles. The van der Waals surface area contributed by atoms with Crippen molar-refractivity contribution in [3.05, 3.63) is 29.8 Å². The minimum absolute atomic E-state index is 0.0661. The molecule has 0 aromatic heterocycles. The number of nitrogens with one attached hydrogen (secondary N) is 1. The average Bonchev–Trinajstić information content (AvgIpc) is 2.35. The van der Waals surface area contributed by atoms with Crippen molar-refractivity contribution in [3.8, 4) is 12.3 Å². The van der Waals surface area contributed by atoms with E-state index in [4.69, 9.17) is 12.2 Å². The molecule has 96 valence electrons. The number of nitrogens with two attached hydrogens (primary N) is 1. The Morgan fingerprint density at radius 1 is 1.44 bits per heavy atom. The normalized spacial score (nSPS) is 11.6. The summed E-state index contributed by atoms with van der Waals surface area (Å²) >= 11 is 0. The van der Waals surface area contributed by atoms with Crippen LogP contribution < -0.4 is 11.1 Å². The van der Waals surface area contributed by atoms with Crippen molar-refractivity contribution >= 4 is 11.6 Å². The zero-order chi connectivity index (χ0) is 13.4. The van der Waals surface area contributed by atoms with Gasteiger partial charge in [-0.15, -0.1) is 12.3 Å². The molecule has 0 aliphatic heterocycles. The lowest BCUT2D eigenvalue weighted by atomic mass is 9.97. The van der Waals surface area contributed by atoms with Gasteiger partial charge in [0.1, 0.15) is 0 Å². The molecule has 1 unspecified atom stereocenters. The maximum absolute atomic E-state index is 11.7. The average molecular weight is 244 g/mol. The summed E-state index contributed by atoms with van der Waals surface area (Å²) in [6.45, 7) is 2.68. The van der Waals surface area contributed by atoms with Gasteiger partial charge in [0, 0.05) is 25.1 Å². The van der Waals surface area contributed by atoms with Crippen LogP contribution in [0.1, 0.15) is 37.7 Å². The molecule has 0 saturated heterocycles. The predicted octanol–water partition coefficient (Wildman–Crippen LogP) is 2.29. The molecule has 0 bridgehead atoms. The van der Waals surface area contributed by atoms with Gasteiger partial charge in [-0.05, 0) is 30.0 Å². The maximum Gasteiger partial charge on any atom is 0.220 e. The molecule has 1 amide bonds. The van der Waals surface area contributed by atoms with Gasteiger partial charge < -0.3 is 11.1 Å². The van der Waals surface area contributed by atoms with Gasteiger partial charge in [0.15, 0.2) is 0 Å². The predicted molar refractivity (Wildman–Crippen MR) is 75.0 cm³/mol. The number of nitrogen functional groups attached to an aromatic ring is 1. The zero-order valence-corrected chi connectivity index (χ0v) is 10.8. The van der Waals surface area contributed by atoms with Crippen LogP contribution in [-0.4, -0.2) is 12.5 Å². The van der Waals surface area contributed by atoms with Gasteiger partial charge in [-0.3, -0.25) is 4.79 Å². The van der Waals surface area contributed by atoms with E-state index in [2.05, 4.69) is 11.2 Å². The van der Waals surface area contributed by atoms with Gasteiger partial charge in [0.2, 0.25) is 5.91 Å². The van der Waals surface area contributed by atoms with Crippen LogP contribution in [0.2, 0.25) is 0 Å². The molecule has 0 spiro atoms. The number of hydrogen-bond acceptors (Lipinski definition) is 2. The van der Waals surface area contributed by atoms with Crippen LogP contribution in [0.3, 0.4) is 0 Å². The highest BCUT2D eigenvalue weighted by Gasteiger charge is 2.10. The van der Waals surface area contributed by atoms with E-state index in [1.165, 1.54) is 0 Å². The Balaban J connectivity index is 2.35. The first kappa shape index (κ1) is 14.1. The Labute approximate surface area is 109 Å². The number of amides is 1. The number of anilines is 1. The summed E-state index contributed by atoms with van der Waals surface area (Å²) in [7, 11) is 0. The van der Waals surface area contributed by atoms with Crippen LogP contribution in [0.4, 0.5) is 5.69 Å². The third kappa shape index (κ3) is 4.92. The minimum Gasteiger partial charge on any atom is -0.399 e. The van der Waals surface area contributed by atoms with E-state index in [1.54, 1.807) is 0 Å². The molecular weight excluding hydrogens is 224 g/mol. The summed E-state index contributed by atoms with van der Waals surface area (Å²) in [4.78, 5) is 11.7. The summed E-state index contributed by atoms with van der Waals surface area (Å²) < 4.78 is 0. The molecule has 0 fully saturated rings. The lowest BCUT2D eigenvalue weighted by molar-refractivity contribution is -0.121. The van der Waals surface area contributed by atoms with Crippen LogP contribution in [0.5, 0.6) is 0 Å². The second-order valence-electron chi connectivity index (χ2n) is 4.43. The van der Waals surface area contributed by atoms with Crippen LogP contribution in [0.15, 0.2) is 24.3 Å². The van der Waals surface area contributed by atoms with Crippen LogP contribution in [-0.2, 0) is 4.79 Å². The first-order valence-electron chi connectivity index (χ1n) is 6.19. The van der Waals surface area contributed by atoms with Gasteiger partial charge in [0.25, 0.3) is 0 Å². The van der Waals surface area contributed by atoms with Gasteiger partial charge in [-0.25, -0.2) is 0 Å². The maximum atomic E-state index is 11.7. The standard InChI is InChI=1S/C15H20N2O/c1-3-4-5-10-17-15(18)11-12(2)13-6-8-14(16)9-7-13/h1,6-9,12H,4-5,10-11,16H2,2H3,(H,17,18). The van der Waals surface area contributed by atoms with Crippen LogP contribution >= 0.6 is 0 Å². The van der Waals surface area contributed by atoms with Gasteiger partial charge in [-0.1, -0.05) is 19.1 Å². The third-order valence-electron chi connectivity index (χ3n) is 2.82. The minimum atomic E-state index is 0.0661. The summed E-state index contributed by atoms with van der Waals surface area (Å²) in [5.41, 5.74) is 7.50. The summed E-state index contributed by atoms with van der Waals surface area (Å²) in [5, 5.41) is 2.87. The van der Waals surface area contributed by atoms with Crippen molar-refractivity contribution in [1.29, 1.82) is 0 Å². The van der Waals surface area contributed by atoms with Crippen molar-refractivity contribution in [1.82, 2.24) is 5.32 Å².